The highest BCUT2D eigenvalue weighted by molar-refractivity contribution is 5.96. The van der Waals surface area contributed by atoms with Gasteiger partial charge in [0.2, 0.25) is 0 Å². The van der Waals surface area contributed by atoms with Gasteiger partial charge in [-0.15, -0.1) is 5.10 Å². The molecule has 6 heteroatoms. The first-order valence-electron chi connectivity index (χ1n) is 10.8. The van der Waals surface area contributed by atoms with Crippen LogP contribution in [0.4, 0.5) is 0 Å². The van der Waals surface area contributed by atoms with Gasteiger partial charge in [0.25, 0.3) is 0 Å². The van der Waals surface area contributed by atoms with Crippen molar-refractivity contribution in [1.29, 1.82) is 0 Å². The maximum absolute atomic E-state index is 12.9. The Bertz CT molecular complexity index is 1660. The second kappa shape index (κ2) is 7.60. The fraction of sp³-hybridized carbons (Fsp3) is 0.0741. The molecule has 0 aliphatic carbocycles. The maximum Gasteiger partial charge on any atom is 0.365 e. The quantitative estimate of drug-likeness (QED) is 0.361. The molecule has 2 aromatic heterocycles. The van der Waals surface area contributed by atoms with E-state index in [1.165, 1.54) is 21.2 Å². The zero-order valence-corrected chi connectivity index (χ0v) is 18.0. The number of carbonyl (C=O) groups excluding carboxylic acids is 1. The summed E-state index contributed by atoms with van der Waals surface area (Å²) in [5.74, 6) is -0.483. The van der Waals surface area contributed by atoms with Gasteiger partial charge in [-0.1, -0.05) is 59.4 Å². The van der Waals surface area contributed by atoms with Crippen LogP contribution in [0, 0.1) is 6.92 Å². The lowest BCUT2D eigenvalue weighted by Crippen LogP contribution is -2.21. The van der Waals surface area contributed by atoms with Crippen molar-refractivity contribution < 1.29 is 9.63 Å². The Morgan fingerprint density at radius 1 is 0.879 bits per heavy atom. The Kier molecular flexibility index (Phi) is 4.43. The molecular formula is C27H20N4O2. The number of fused-ring (bicyclic) bond motifs is 3. The standard InChI is InChI=1S/C27H20N4O2/c1-18-16-30(17-19-10-11-20-6-2-3-7-21(20)14-19)26-15-22(12-13-23(18)26)27(32)33-31-25-9-5-4-8-24(25)28-29-31/h2-16H,17H2,1H3. The summed E-state index contributed by atoms with van der Waals surface area (Å²) in [7, 11) is 0. The fourth-order valence-corrected chi connectivity index (χ4v) is 4.31. The lowest BCUT2D eigenvalue weighted by Gasteiger charge is -2.09. The van der Waals surface area contributed by atoms with Crippen LogP contribution in [0.5, 0.6) is 0 Å². The van der Waals surface area contributed by atoms with Gasteiger partial charge in [-0.05, 0) is 64.4 Å². The fourth-order valence-electron chi connectivity index (χ4n) is 4.31. The maximum atomic E-state index is 12.9. The van der Waals surface area contributed by atoms with Gasteiger partial charge < -0.3 is 9.40 Å². The summed E-state index contributed by atoms with van der Waals surface area (Å²) in [6.45, 7) is 2.79. The van der Waals surface area contributed by atoms with Crippen LogP contribution in [0.25, 0.3) is 32.7 Å². The summed E-state index contributed by atoms with van der Waals surface area (Å²) in [4.78, 5) is 19.6. The molecule has 0 saturated heterocycles. The van der Waals surface area contributed by atoms with Crippen LogP contribution in [-0.4, -0.2) is 25.7 Å². The number of nitrogens with zero attached hydrogens (tertiary/aromatic N) is 4. The summed E-state index contributed by atoms with van der Waals surface area (Å²) in [5, 5.41) is 11.5. The molecule has 6 aromatic rings. The van der Waals surface area contributed by atoms with Crippen LogP contribution in [0.2, 0.25) is 0 Å². The van der Waals surface area contributed by atoms with E-state index in [1.54, 1.807) is 6.07 Å². The van der Waals surface area contributed by atoms with Crippen LogP contribution in [0.1, 0.15) is 21.5 Å². The van der Waals surface area contributed by atoms with Gasteiger partial charge in [0.05, 0.1) is 5.56 Å². The molecule has 33 heavy (non-hydrogen) atoms. The Balaban J connectivity index is 1.34. The van der Waals surface area contributed by atoms with Crippen molar-refractivity contribution in [3.63, 3.8) is 0 Å². The topological polar surface area (TPSA) is 61.9 Å². The third kappa shape index (κ3) is 3.42. The highest BCUT2D eigenvalue weighted by Gasteiger charge is 2.15. The number of hydrogen-bond acceptors (Lipinski definition) is 4. The molecule has 160 valence electrons. The number of hydrogen-bond donors (Lipinski definition) is 0. The predicted molar refractivity (Wildman–Crippen MR) is 128 cm³/mol. The normalized spacial score (nSPS) is 11.4. The molecule has 0 bridgehead atoms. The van der Waals surface area contributed by atoms with Crippen molar-refractivity contribution >= 4 is 38.7 Å². The summed E-state index contributed by atoms with van der Waals surface area (Å²) in [6.07, 6.45) is 2.12. The summed E-state index contributed by atoms with van der Waals surface area (Å²) >= 11 is 0. The lowest BCUT2D eigenvalue weighted by molar-refractivity contribution is 0.0409. The van der Waals surface area contributed by atoms with E-state index >= 15 is 0 Å². The van der Waals surface area contributed by atoms with Crippen molar-refractivity contribution in [2.24, 2.45) is 0 Å². The molecule has 0 spiro atoms. The van der Waals surface area contributed by atoms with E-state index in [1.807, 2.05) is 42.5 Å². The number of rotatable bonds is 4. The van der Waals surface area contributed by atoms with E-state index in [-0.39, 0.29) is 0 Å². The van der Waals surface area contributed by atoms with E-state index in [9.17, 15) is 4.79 Å². The number of para-hydroxylation sites is 1. The van der Waals surface area contributed by atoms with Gasteiger partial charge in [0.1, 0.15) is 11.0 Å². The first kappa shape index (κ1) is 19.3. The van der Waals surface area contributed by atoms with E-state index in [4.69, 9.17) is 4.84 Å². The van der Waals surface area contributed by atoms with Crippen molar-refractivity contribution in [2.75, 3.05) is 0 Å². The number of aromatic nitrogens is 4. The molecule has 0 saturated carbocycles. The van der Waals surface area contributed by atoms with Crippen LogP contribution >= 0.6 is 0 Å². The van der Waals surface area contributed by atoms with Crippen molar-refractivity contribution in [2.45, 2.75) is 13.5 Å². The summed E-state index contributed by atoms with van der Waals surface area (Å²) in [5.41, 5.74) is 5.11. The van der Waals surface area contributed by atoms with Gasteiger partial charge in [-0.3, -0.25) is 0 Å². The third-order valence-electron chi connectivity index (χ3n) is 5.97. The second-order valence-corrected chi connectivity index (χ2v) is 8.18. The average Bonchev–Trinajstić information content (AvgIpc) is 3.39. The minimum atomic E-state index is -0.483. The van der Waals surface area contributed by atoms with Crippen LogP contribution in [0.15, 0.2) is 91.1 Å². The van der Waals surface area contributed by atoms with Gasteiger partial charge in [-0.25, -0.2) is 4.79 Å². The second-order valence-electron chi connectivity index (χ2n) is 8.18. The number of benzene rings is 4. The Morgan fingerprint density at radius 3 is 2.61 bits per heavy atom. The Hall–Kier alpha value is -4.45. The van der Waals surface area contributed by atoms with Crippen molar-refractivity contribution in [1.82, 2.24) is 19.7 Å². The zero-order chi connectivity index (χ0) is 22.4. The molecule has 0 amide bonds. The summed E-state index contributed by atoms with van der Waals surface area (Å²) < 4.78 is 2.18. The molecule has 0 aliphatic rings. The average molecular weight is 432 g/mol. The molecular weight excluding hydrogens is 412 g/mol. The van der Waals surface area contributed by atoms with Crippen LogP contribution < -0.4 is 4.84 Å². The highest BCUT2D eigenvalue weighted by Crippen LogP contribution is 2.25. The minimum Gasteiger partial charge on any atom is -0.343 e. The van der Waals surface area contributed by atoms with Gasteiger partial charge in [0.15, 0.2) is 0 Å². The van der Waals surface area contributed by atoms with Crippen LogP contribution in [0.3, 0.4) is 0 Å². The molecule has 6 nitrogen and oxygen atoms in total. The molecule has 6 rings (SSSR count). The zero-order valence-electron chi connectivity index (χ0n) is 18.0. The number of aryl methyl sites for hydroxylation is 1. The predicted octanol–water partition coefficient (Wildman–Crippen LogP) is 5.16. The largest absolute Gasteiger partial charge is 0.365 e. The Morgan fingerprint density at radius 2 is 1.70 bits per heavy atom. The first-order chi connectivity index (χ1) is 16.2. The van der Waals surface area contributed by atoms with Gasteiger partial charge in [-0.2, -0.15) is 0 Å². The molecule has 0 aliphatic heterocycles. The lowest BCUT2D eigenvalue weighted by atomic mass is 10.1. The molecule has 0 fully saturated rings. The smallest absolute Gasteiger partial charge is 0.343 e. The Labute approximate surface area is 189 Å². The molecule has 0 atom stereocenters. The highest BCUT2D eigenvalue weighted by atomic mass is 16.7. The van der Waals surface area contributed by atoms with Crippen molar-refractivity contribution in [3.8, 4) is 0 Å². The van der Waals surface area contributed by atoms with Gasteiger partial charge in [0, 0.05) is 23.6 Å². The van der Waals surface area contributed by atoms with E-state index in [0.29, 0.717) is 23.1 Å². The van der Waals surface area contributed by atoms with Crippen LogP contribution in [-0.2, 0) is 6.54 Å². The minimum absolute atomic E-state index is 0.458. The van der Waals surface area contributed by atoms with E-state index in [0.717, 1.165) is 16.5 Å². The molecule has 0 radical (unpaired) electrons. The summed E-state index contributed by atoms with van der Waals surface area (Å²) in [6, 6.07) is 27.8. The monoisotopic (exact) mass is 432 g/mol. The SMILES string of the molecule is Cc1cn(Cc2ccc3ccccc3c2)c2cc(C(=O)On3nnc4ccccc43)ccc12. The van der Waals surface area contributed by atoms with Gasteiger partial charge >= 0.3 is 5.97 Å². The first-order valence-corrected chi connectivity index (χ1v) is 10.8. The third-order valence-corrected chi connectivity index (χ3v) is 5.97. The molecule has 0 unspecified atom stereocenters. The number of carbonyl (C=O) groups is 1. The van der Waals surface area contributed by atoms with Crippen molar-refractivity contribution in [3.05, 3.63) is 108 Å². The molecule has 4 aromatic carbocycles. The molecule has 2 heterocycles. The van der Waals surface area contributed by atoms with E-state index in [2.05, 4.69) is 64.4 Å². The van der Waals surface area contributed by atoms with E-state index < -0.39 is 5.97 Å². The molecule has 0 N–H and O–H groups in total.